The molecule has 1 aliphatic rings. The van der Waals surface area contributed by atoms with E-state index in [1.54, 1.807) is 18.0 Å². The van der Waals surface area contributed by atoms with Gasteiger partial charge in [0.25, 0.3) is 0 Å². The maximum Gasteiger partial charge on any atom is 0.325 e. The Balaban J connectivity index is 1.74. The van der Waals surface area contributed by atoms with Crippen molar-refractivity contribution in [2.75, 3.05) is 20.2 Å². The van der Waals surface area contributed by atoms with Gasteiger partial charge in [-0.05, 0) is 43.6 Å². The molecule has 3 rings (SSSR count). The van der Waals surface area contributed by atoms with Crippen LogP contribution in [-0.4, -0.2) is 46.0 Å². The van der Waals surface area contributed by atoms with Crippen LogP contribution < -0.4 is 4.74 Å². The van der Waals surface area contributed by atoms with E-state index in [9.17, 15) is 9.90 Å². The molecule has 0 spiro atoms. The Hall–Kier alpha value is -2.34. The van der Waals surface area contributed by atoms with Gasteiger partial charge in [0, 0.05) is 11.8 Å². The van der Waals surface area contributed by atoms with Crippen molar-refractivity contribution in [2.24, 2.45) is 0 Å². The number of hydrogen-bond donors (Lipinski definition) is 1. The van der Waals surface area contributed by atoms with Crippen molar-refractivity contribution in [2.45, 2.75) is 25.4 Å². The van der Waals surface area contributed by atoms with Gasteiger partial charge in [0.05, 0.1) is 19.9 Å². The molecule has 0 unspecified atom stereocenters. The molecule has 1 aromatic heterocycles. The third-order valence-corrected chi connectivity index (χ3v) is 4.21. The number of carboxylic acid groups (broad SMARTS) is 1. The van der Waals surface area contributed by atoms with Crippen molar-refractivity contribution in [3.63, 3.8) is 0 Å². The number of aliphatic carboxylic acids is 1. The van der Waals surface area contributed by atoms with Crippen LogP contribution in [0.1, 0.15) is 30.0 Å². The number of rotatable bonds is 6. The van der Waals surface area contributed by atoms with Gasteiger partial charge >= 0.3 is 5.97 Å². The fraction of sp³-hybridized carbons (Fsp3) is 0.412. The van der Waals surface area contributed by atoms with Crippen molar-refractivity contribution < 1.29 is 14.6 Å². The fourth-order valence-electron chi connectivity index (χ4n) is 3.03. The highest BCUT2D eigenvalue weighted by atomic mass is 16.5. The largest absolute Gasteiger partial charge is 0.497 e. The molecule has 122 valence electrons. The molecule has 1 atom stereocenters. The van der Waals surface area contributed by atoms with Crippen molar-refractivity contribution >= 4 is 5.97 Å². The van der Waals surface area contributed by atoms with E-state index in [0.29, 0.717) is 6.54 Å². The predicted octanol–water partition coefficient (Wildman–Crippen LogP) is 2.16. The average Bonchev–Trinajstić information content (AvgIpc) is 3.21. The Morgan fingerprint density at radius 2 is 2.00 bits per heavy atom. The van der Waals surface area contributed by atoms with Gasteiger partial charge < -0.3 is 9.84 Å². The first-order valence-electron chi connectivity index (χ1n) is 7.79. The first-order chi connectivity index (χ1) is 11.2. The summed E-state index contributed by atoms with van der Waals surface area (Å²) < 4.78 is 6.93. The van der Waals surface area contributed by atoms with Crippen LogP contribution >= 0.6 is 0 Å². The molecule has 1 aromatic carbocycles. The summed E-state index contributed by atoms with van der Waals surface area (Å²) in [6.07, 6.45) is 5.62. The second-order valence-corrected chi connectivity index (χ2v) is 5.80. The van der Waals surface area contributed by atoms with Crippen LogP contribution in [-0.2, 0) is 11.3 Å². The summed E-state index contributed by atoms with van der Waals surface area (Å²) in [4.78, 5) is 13.6. The van der Waals surface area contributed by atoms with Crippen LogP contribution in [0.4, 0.5) is 0 Å². The van der Waals surface area contributed by atoms with Crippen LogP contribution in [0, 0.1) is 0 Å². The van der Waals surface area contributed by atoms with E-state index in [2.05, 4.69) is 5.10 Å². The van der Waals surface area contributed by atoms with E-state index in [-0.39, 0.29) is 0 Å². The normalized spacial score (nSPS) is 16.4. The Bertz CT molecular complexity index is 660. The number of benzene rings is 1. The summed E-state index contributed by atoms with van der Waals surface area (Å²) in [5.74, 6) is 0.00535. The van der Waals surface area contributed by atoms with Crippen molar-refractivity contribution in [3.05, 3.63) is 47.8 Å². The van der Waals surface area contributed by atoms with E-state index in [1.807, 2.05) is 35.4 Å². The average molecular weight is 315 g/mol. The number of methoxy groups -OCH3 is 1. The Morgan fingerprint density at radius 1 is 1.30 bits per heavy atom. The lowest BCUT2D eigenvalue weighted by Gasteiger charge is -2.22. The summed E-state index contributed by atoms with van der Waals surface area (Å²) >= 11 is 0. The molecular weight excluding hydrogens is 294 g/mol. The number of ether oxygens (including phenoxy) is 1. The lowest BCUT2D eigenvalue weighted by molar-refractivity contribution is -0.143. The van der Waals surface area contributed by atoms with Gasteiger partial charge in [0.1, 0.15) is 11.8 Å². The maximum atomic E-state index is 11.6. The van der Waals surface area contributed by atoms with Gasteiger partial charge in [0.2, 0.25) is 0 Å². The van der Waals surface area contributed by atoms with Crippen LogP contribution in [0.3, 0.4) is 0 Å². The van der Waals surface area contributed by atoms with E-state index in [4.69, 9.17) is 4.74 Å². The molecule has 0 radical (unpaired) electrons. The predicted molar refractivity (Wildman–Crippen MR) is 85.5 cm³/mol. The third kappa shape index (κ3) is 3.53. The van der Waals surface area contributed by atoms with Crippen molar-refractivity contribution in [3.8, 4) is 5.75 Å². The summed E-state index contributed by atoms with van der Waals surface area (Å²) in [5.41, 5.74) is 1.83. The molecular formula is C17H21N3O3. The minimum Gasteiger partial charge on any atom is -0.497 e. The highest BCUT2D eigenvalue weighted by Crippen LogP contribution is 2.25. The molecule has 6 nitrogen and oxygen atoms in total. The molecule has 1 aliphatic heterocycles. The van der Waals surface area contributed by atoms with Gasteiger partial charge in [0.15, 0.2) is 0 Å². The quantitative estimate of drug-likeness (QED) is 0.885. The molecule has 1 N–H and O–H groups in total. The third-order valence-electron chi connectivity index (χ3n) is 4.21. The van der Waals surface area contributed by atoms with E-state index >= 15 is 0 Å². The SMILES string of the molecule is COc1ccc(Cn2cc([C@H](C(=O)O)N3CCCC3)cn2)cc1. The van der Waals surface area contributed by atoms with E-state index < -0.39 is 12.0 Å². The lowest BCUT2D eigenvalue weighted by Crippen LogP contribution is -2.31. The number of likely N-dealkylation sites (tertiary alicyclic amines) is 1. The topological polar surface area (TPSA) is 67.6 Å². The lowest BCUT2D eigenvalue weighted by atomic mass is 10.1. The molecule has 0 amide bonds. The molecule has 23 heavy (non-hydrogen) atoms. The Kier molecular flexibility index (Phi) is 4.62. The summed E-state index contributed by atoms with van der Waals surface area (Å²) in [6.45, 7) is 2.28. The Labute approximate surface area is 135 Å². The van der Waals surface area contributed by atoms with Crippen molar-refractivity contribution in [1.29, 1.82) is 0 Å². The number of nitrogens with zero attached hydrogens (tertiary/aromatic N) is 3. The summed E-state index contributed by atoms with van der Waals surface area (Å²) in [7, 11) is 1.64. The highest BCUT2D eigenvalue weighted by molar-refractivity contribution is 5.75. The second-order valence-electron chi connectivity index (χ2n) is 5.80. The van der Waals surface area contributed by atoms with Crippen LogP contribution in [0.2, 0.25) is 0 Å². The molecule has 2 heterocycles. The first kappa shape index (κ1) is 15.6. The second kappa shape index (κ2) is 6.83. The molecule has 0 saturated carbocycles. The number of aromatic nitrogens is 2. The molecule has 1 fully saturated rings. The van der Waals surface area contributed by atoms with Gasteiger partial charge in [-0.2, -0.15) is 5.10 Å². The fourth-order valence-corrected chi connectivity index (χ4v) is 3.03. The summed E-state index contributed by atoms with van der Waals surface area (Å²) in [5, 5.41) is 13.9. The molecule has 6 heteroatoms. The smallest absolute Gasteiger partial charge is 0.325 e. The van der Waals surface area contributed by atoms with Crippen molar-refractivity contribution in [1.82, 2.24) is 14.7 Å². The molecule has 0 aliphatic carbocycles. The zero-order valence-electron chi connectivity index (χ0n) is 13.2. The minimum atomic E-state index is -0.809. The standard InChI is InChI=1S/C17H21N3O3/c1-23-15-6-4-13(5-7-15)11-20-12-14(10-18-20)16(17(21)22)19-8-2-3-9-19/h4-7,10,12,16H,2-3,8-9,11H2,1H3,(H,21,22)/t16-/m1/s1. The zero-order chi connectivity index (χ0) is 16.2. The van der Waals surface area contributed by atoms with Crippen LogP contribution in [0.15, 0.2) is 36.7 Å². The van der Waals surface area contributed by atoms with Gasteiger partial charge in [-0.25, -0.2) is 0 Å². The van der Waals surface area contributed by atoms with Gasteiger partial charge in [-0.3, -0.25) is 14.4 Å². The zero-order valence-corrected chi connectivity index (χ0v) is 13.2. The van der Waals surface area contributed by atoms with Gasteiger partial charge in [-0.1, -0.05) is 12.1 Å². The molecule has 2 aromatic rings. The van der Waals surface area contributed by atoms with E-state index in [1.165, 1.54) is 0 Å². The number of carboxylic acids is 1. The monoisotopic (exact) mass is 315 g/mol. The first-order valence-corrected chi connectivity index (χ1v) is 7.79. The summed E-state index contributed by atoms with van der Waals surface area (Å²) in [6, 6.07) is 7.18. The maximum absolute atomic E-state index is 11.6. The van der Waals surface area contributed by atoms with E-state index in [0.717, 1.165) is 42.8 Å². The molecule has 0 bridgehead atoms. The minimum absolute atomic E-state index is 0.595. The Morgan fingerprint density at radius 3 is 2.61 bits per heavy atom. The number of hydrogen-bond acceptors (Lipinski definition) is 4. The van der Waals surface area contributed by atoms with Crippen LogP contribution in [0.25, 0.3) is 0 Å². The highest BCUT2D eigenvalue weighted by Gasteiger charge is 2.30. The molecule has 1 saturated heterocycles. The van der Waals surface area contributed by atoms with Gasteiger partial charge in [-0.15, -0.1) is 0 Å². The number of carbonyl (C=O) groups is 1. The van der Waals surface area contributed by atoms with Crippen LogP contribution in [0.5, 0.6) is 5.75 Å².